The summed E-state index contributed by atoms with van der Waals surface area (Å²) >= 11 is 0. The van der Waals surface area contributed by atoms with Crippen molar-refractivity contribution in [2.75, 3.05) is 0 Å². The molecule has 1 aromatic rings. The van der Waals surface area contributed by atoms with E-state index in [2.05, 4.69) is 20.6 Å². The molecule has 1 heterocycles. The molecule has 132 valence electrons. The van der Waals surface area contributed by atoms with Crippen LogP contribution in [0.25, 0.3) is 0 Å². The van der Waals surface area contributed by atoms with Crippen LogP contribution in [0.2, 0.25) is 0 Å². The average Bonchev–Trinajstić information content (AvgIpc) is 2.86. The van der Waals surface area contributed by atoms with Crippen LogP contribution in [0.1, 0.15) is 64.2 Å². The summed E-state index contributed by atoms with van der Waals surface area (Å²) in [6.07, 6.45) is 16.2. The number of ether oxygens (including phenoxy) is 1. The summed E-state index contributed by atoms with van der Waals surface area (Å²) in [5.41, 5.74) is 0. The fraction of sp³-hybridized carbons (Fsp3) is 0.722. The van der Waals surface area contributed by atoms with Gasteiger partial charge < -0.3 is 15.4 Å². The number of carbonyl (C=O) groups excluding carboxylic acids is 1. The van der Waals surface area contributed by atoms with Gasteiger partial charge in [-0.05, 0) is 38.5 Å². The van der Waals surface area contributed by atoms with E-state index < -0.39 is 0 Å². The Labute approximate surface area is 143 Å². The molecule has 2 fully saturated rings. The van der Waals surface area contributed by atoms with Gasteiger partial charge in [-0.25, -0.2) is 9.78 Å². The lowest BCUT2D eigenvalue weighted by Crippen LogP contribution is -2.47. The first-order chi connectivity index (χ1) is 11.8. The van der Waals surface area contributed by atoms with Crippen LogP contribution in [-0.2, 0) is 0 Å². The van der Waals surface area contributed by atoms with Crippen molar-refractivity contribution >= 4 is 6.03 Å². The molecule has 2 aliphatic carbocycles. The Morgan fingerprint density at radius 2 is 1.58 bits per heavy atom. The number of urea groups is 1. The number of aromatic nitrogens is 2. The first-order valence-corrected chi connectivity index (χ1v) is 9.29. The van der Waals surface area contributed by atoms with Gasteiger partial charge in [0.05, 0.1) is 6.20 Å². The van der Waals surface area contributed by atoms with Crippen molar-refractivity contribution in [1.82, 2.24) is 20.6 Å². The van der Waals surface area contributed by atoms with Crippen molar-refractivity contribution in [3.8, 4) is 5.88 Å². The van der Waals surface area contributed by atoms with Crippen molar-refractivity contribution in [2.24, 2.45) is 0 Å². The molecule has 0 spiro atoms. The summed E-state index contributed by atoms with van der Waals surface area (Å²) in [5.74, 6) is 0.583. The fourth-order valence-corrected chi connectivity index (χ4v) is 3.68. The number of rotatable bonds is 4. The second-order valence-corrected chi connectivity index (χ2v) is 6.94. The van der Waals surface area contributed by atoms with E-state index in [0.717, 1.165) is 38.5 Å². The molecule has 0 bridgehead atoms. The van der Waals surface area contributed by atoms with Crippen molar-refractivity contribution in [2.45, 2.75) is 82.4 Å². The summed E-state index contributed by atoms with van der Waals surface area (Å²) < 4.78 is 5.84. The maximum absolute atomic E-state index is 12.2. The molecule has 0 aromatic carbocycles. The van der Waals surface area contributed by atoms with Crippen molar-refractivity contribution in [1.29, 1.82) is 0 Å². The Hall–Kier alpha value is -1.85. The van der Waals surface area contributed by atoms with Crippen LogP contribution in [0.4, 0.5) is 4.79 Å². The SMILES string of the molecule is O=C(NC1CCCCCC1)NC1CCC(Oc2cnccn2)CC1. The average molecular weight is 332 g/mol. The van der Waals surface area contributed by atoms with Gasteiger partial charge in [-0.1, -0.05) is 25.7 Å². The fourth-order valence-electron chi connectivity index (χ4n) is 3.68. The van der Waals surface area contributed by atoms with Crippen LogP contribution in [0, 0.1) is 0 Å². The van der Waals surface area contributed by atoms with Crippen LogP contribution in [0.3, 0.4) is 0 Å². The molecule has 0 unspecified atom stereocenters. The highest BCUT2D eigenvalue weighted by atomic mass is 16.5. The van der Waals surface area contributed by atoms with E-state index in [4.69, 9.17) is 4.74 Å². The van der Waals surface area contributed by atoms with Gasteiger partial charge in [0.15, 0.2) is 0 Å². The van der Waals surface area contributed by atoms with Gasteiger partial charge in [0.25, 0.3) is 0 Å². The molecule has 3 rings (SSSR count). The van der Waals surface area contributed by atoms with E-state index in [-0.39, 0.29) is 18.2 Å². The predicted molar refractivity (Wildman–Crippen MR) is 91.9 cm³/mol. The first kappa shape index (κ1) is 17.0. The van der Waals surface area contributed by atoms with Crippen LogP contribution >= 0.6 is 0 Å². The lowest BCUT2D eigenvalue weighted by molar-refractivity contribution is 0.134. The minimum Gasteiger partial charge on any atom is -0.473 e. The molecule has 2 saturated carbocycles. The van der Waals surface area contributed by atoms with Gasteiger partial charge in [-0.15, -0.1) is 0 Å². The third-order valence-electron chi connectivity index (χ3n) is 5.03. The summed E-state index contributed by atoms with van der Waals surface area (Å²) in [6, 6.07) is 0.599. The lowest BCUT2D eigenvalue weighted by atomic mass is 9.93. The summed E-state index contributed by atoms with van der Waals surface area (Å²) in [6.45, 7) is 0. The zero-order chi connectivity index (χ0) is 16.6. The largest absolute Gasteiger partial charge is 0.473 e. The highest BCUT2D eigenvalue weighted by Gasteiger charge is 2.24. The van der Waals surface area contributed by atoms with Crippen molar-refractivity contribution in [3.63, 3.8) is 0 Å². The van der Waals surface area contributed by atoms with E-state index >= 15 is 0 Å². The maximum Gasteiger partial charge on any atom is 0.315 e. The van der Waals surface area contributed by atoms with Crippen LogP contribution < -0.4 is 15.4 Å². The molecule has 0 atom stereocenters. The van der Waals surface area contributed by atoms with Gasteiger partial charge in [-0.3, -0.25) is 4.98 Å². The third kappa shape index (κ3) is 5.35. The van der Waals surface area contributed by atoms with E-state index in [1.54, 1.807) is 18.6 Å². The molecule has 0 aliphatic heterocycles. The smallest absolute Gasteiger partial charge is 0.315 e. The summed E-state index contributed by atoms with van der Waals surface area (Å²) in [5, 5.41) is 6.30. The number of amides is 2. The van der Waals surface area contributed by atoms with E-state index in [9.17, 15) is 4.79 Å². The molecule has 2 amide bonds. The zero-order valence-electron chi connectivity index (χ0n) is 14.2. The van der Waals surface area contributed by atoms with E-state index in [0.29, 0.717) is 11.9 Å². The minimum atomic E-state index is 0.000180. The quantitative estimate of drug-likeness (QED) is 0.830. The zero-order valence-corrected chi connectivity index (χ0v) is 14.2. The van der Waals surface area contributed by atoms with Crippen LogP contribution in [-0.4, -0.2) is 34.2 Å². The maximum atomic E-state index is 12.2. The minimum absolute atomic E-state index is 0.000180. The van der Waals surface area contributed by atoms with Gasteiger partial charge in [0, 0.05) is 24.5 Å². The Morgan fingerprint density at radius 3 is 2.21 bits per heavy atom. The molecule has 1 aromatic heterocycles. The molecule has 24 heavy (non-hydrogen) atoms. The number of nitrogens with zero attached hydrogens (tertiary/aromatic N) is 2. The highest BCUT2D eigenvalue weighted by molar-refractivity contribution is 5.74. The Bertz CT molecular complexity index is 495. The molecular weight excluding hydrogens is 304 g/mol. The van der Waals surface area contributed by atoms with Gasteiger partial charge >= 0.3 is 6.03 Å². The Balaban J connectivity index is 1.36. The topological polar surface area (TPSA) is 76.1 Å². The summed E-state index contributed by atoms with van der Waals surface area (Å²) in [7, 11) is 0. The highest BCUT2D eigenvalue weighted by Crippen LogP contribution is 2.22. The monoisotopic (exact) mass is 332 g/mol. The number of nitrogens with one attached hydrogen (secondary N) is 2. The Morgan fingerprint density at radius 1 is 0.917 bits per heavy atom. The van der Waals surface area contributed by atoms with Crippen LogP contribution in [0.15, 0.2) is 18.6 Å². The van der Waals surface area contributed by atoms with E-state index in [1.165, 1.54) is 25.7 Å². The molecule has 0 radical (unpaired) electrons. The van der Waals surface area contributed by atoms with E-state index in [1.807, 2.05) is 0 Å². The second kappa shape index (κ2) is 8.85. The number of carbonyl (C=O) groups is 1. The first-order valence-electron chi connectivity index (χ1n) is 9.29. The Kier molecular flexibility index (Phi) is 6.26. The standard InChI is InChI=1S/C18H28N4O2/c23-18(21-14-5-3-1-2-4-6-14)22-15-7-9-16(10-8-15)24-17-13-19-11-12-20-17/h11-16H,1-10H2,(H2,21,22,23). The second-order valence-electron chi connectivity index (χ2n) is 6.94. The lowest BCUT2D eigenvalue weighted by Gasteiger charge is -2.29. The number of hydrogen-bond acceptors (Lipinski definition) is 4. The van der Waals surface area contributed by atoms with Crippen molar-refractivity contribution < 1.29 is 9.53 Å². The molecular formula is C18H28N4O2. The molecule has 2 N–H and O–H groups in total. The molecule has 6 heteroatoms. The van der Waals surface area contributed by atoms with Gasteiger partial charge in [0.2, 0.25) is 5.88 Å². The van der Waals surface area contributed by atoms with Gasteiger partial charge in [-0.2, -0.15) is 0 Å². The molecule has 0 saturated heterocycles. The van der Waals surface area contributed by atoms with Crippen LogP contribution in [0.5, 0.6) is 5.88 Å². The van der Waals surface area contributed by atoms with Gasteiger partial charge in [0.1, 0.15) is 6.10 Å². The molecule has 2 aliphatic rings. The summed E-state index contributed by atoms with van der Waals surface area (Å²) in [4.78, 5) is 20.4. The predicted octanol–water partition coefficient (Wildman–Crippen LogP) is 3.19. The molecule has 6 nitrogen and oxygen atoms in total. The normalized spacial score (nSPS) is 25.5. The van der Waals surface area contributed by atoms with Crippen molar-refractivity contribution in [3.05, 3.63) is 18.6 Å². The number of hydrogen-bond donors (Lipinski definition) is 2. The third-order valence-corrected chi connectivity index (χ3v) is 5.03.